The van der Waals surface area contributed by atoms with Crippen molar-refractivity contribution in [3.8, 4) is 5.82 Å². The van der Waals surface area contributed by atoms with Crippen molar-refractivity contribution in [2.45, 2.75) is 32.9 Å². The molecule has 0 fully saturated rings. The highest BCUT2D eigenvalue weighted by molar-refractivity contribution is 6.00. The fraction of sp³-hybridized carbons (Fsp3) is 0.300. The van der Waals surface area contributed by atoms with Gasteiger partial charge in [-0.15, -0.1) is 5.10 Å². The van der Waals surface area contributed by atoms with E-state index < -0.39 is 17.8 Å². The van der Waals surface area contributed by atoms with Gasteiger partial charge in [0.1, 0.15) is 0 Å². The molecule has 0 aliphatic carbocycles. The van der Waals surface area contributed by atoms with Crippen LogP contribution in [0.4, 0.5) is 29.3 Å². The molecule has 2 heterocycles. The van der Waals surface area contributed by atoms with E-state index in [0.29, 0.717) is 17.4 Å². The topological polar surface area (TPSA) is 84.7 Å². The lowest BCUT2D eigenvalue weighted by atomic mass is 10.1. The number of amides is 2. The maximum absolute atomic E-state index is 13.0. The minimum Gasteiger partial charge on any atom is -0.307 e. The Morgan fingerprint density at radius 1 is 1.13 bits per heavy atom. The number of carbonyl (C=O) groups excluding carboxylic acids is 1. The fourth-order valence-corrected chi connectivity index (χ4v) is 2.68. The van der Waals surface area contributed by atoms with Crippen LogP contribution in [0.5, 0.6) is 0 Å². The van der Waals surface area contributed by atoms with Gasteiger partial charge in [0.25, 0.3) is 0 Å². The van der Waals surface area contributed by atoms with Crippen LogP contribution in [-0.2, 0) is 12.6 Å². The molecule has 0 atom stereocenters. The number of benzene rings is 1. The van der Waals surface area contributed by atoms with E-state index in [1.165, 1.54) is 29.1 Å². The quantitative estimate of drug-likeness (QED) is 0.596. The predicted molar refractivity (Wildman–Crippen MR) is 106 cm³/mol. The summed E-state index contributed by atoms with van der Waals surface area (Å²) in [5.41, 5.74) is -0.0759. The number of para-hydroxylation sites is 1. The number of aromatic nitrogens is 4. The van der Waals surface area contributed by atoms with Crippen molar-refractivity contribution in [3.05, 3.63) is 60.0 Å². The highest BCUT2D eigenvalue weighted by Gasteiger charge is 2.33. The van der Waals surface area contributed by atoms with Gasteiger partial charge in [0.05, 0.1) is 35.0 Å². The molecule has 2 N–H and O–H groups in total. The molecule has 10 heteroatoms. The van der Waals surface area contributed by atoms with Crippen molar-refractivity contribution in [2.24, 2.45) is 5.92 Å². The van der Waals surface area contributed by atoms with Crippen LogP contribution < -0.4 is 10.6 Å². The van der Waals surface area contributed by atoms with E-state index in [4.69, 9.17) is 0 Å². The average molecular weight is 418 g/mol. The Balaban J connectivity index is 1.63. The summed E-state index contributed by atoms with van der Waals surface area (Å²) in [4.78, 5) is 16.3. The van der Waals surface area contributed by atoms with Crippen molar-refractivity contribution >= 4 is 17.4 Å². The van der Waals surface area contributed by atoms with Gasteiger partial charge < -0.3 is 10.6 Å². The second kappa shape index (κ2) is 8.93. The summed E-state index contributed by atoms with van der Waals surface area (Å²) in [6.07, 6.45) is 0.427. The molecular formula is C20H21F3N6O. The molecule has 0 aliphatic rings. The largest absolute Gasteiger partial charge is 0.418 e. The number of aryl methyl sites for hydroxylation is 1. The Kier molecular flexibility index (Phi) is 6.34. The number of alkyl halides is 3. The van der Waals surface area contributed by atoms with Gasteiger partial charge in [0.2, 0.25) is 0 Å². The summed E-state index contributed by atoms with van der Waals surface area (Å²) < 4.78 is 40.6. The van der Waals surface area contributed by atoms with E-state index in [0.717, 1.165) is 24.6 Å². The maximum atomic E-state index is 13.0. The van der Waals surface area contributed by atoms with E-state index in [1.807, 2.05) is 0 Å². The summed E-state index contributed by atoms with van der Waals surface area (Å²) in [5, 5.41) is 12.8. The zero-order valence-electron chi connectivity index (χ0n) is 16.4. The highest BCUT2D eigenvalue weighted by Crippen LogP contribution is 2.34. The average Bonchev–Trinajstić information content (AvgIpc) is 3.15. The molecule has 3 aromatic rings. The van der Waals surface area contributed by atoms with Gasteiger partial charge >= 0.3 is 12.2 Å². The molecule has 0 saturated heterocycles. The monoisotopic (exact) mass is 418 g/mol. The van der Waals surface area contributed by atoms with Gasteiger partial charge in [0, 0.05) is 0 Å². The van der Waals surface area contributed by atoms with Gasteiger partial charge in [-0.3, -0.25) is 0 Å². The number of anilines is 2. The Hall–Kier alpha value is -3.43. The Bertz CT molecular complexity index is 998. The van der Waals surface area contributed by atoms with Crippen LogP contribution in [0.3, 0.4) is 0 Å². The van der Waals surface area contributed by atoms with E-state index >= 15 is 0 Å². The summed E-state index contributed by atoms with van der Waals surface area (Å²) >= 11 is 0. The molecule has 3 rings (SSSR count). The lowest BCUT2D eigenvalue weighted by Gasteiger charge is -2.14. The van der Waals surface area contributed by atoms with Crippen molar-refractivity contribution in [1.29, 1.82) is 0 Å². The van der Waals surface area contributed by atoms with Gasteiger partial charge in [-0.05, 0) is 43.0 Å². The zero-order chi connectivity index (χ0) is 21.7. The number of nitrogens with zero attached hydrogens (tertiary/aromatic N) is 4. The third kappa shape index (κ3) is 5.56. The van der Waals surface area contributed by atoms with Crippen LogP contribution in [0, 0.1) is 5.92 Å². The number of hydrogen-bond acceptors (Lipinski definition) is 4. The van der Waals surface area contributed by atoms with Crippen molar-refractivity contribution in [1.82, 2.24) is 20.0 Å². The molecule has 1 aromatic carbocycles. The summed E-state index contributed by atoms with van der Waals surface area (Å²) in [6.45, 7) is 4.27. The van der Waals surface area contributed by atoms with E-state index in [9.17, 15) is 18.0 Å². The number of rotatable bonds is 6. The Labute approximate surface area is 171 Å². The molecule has 0 saturated carbocycles. The summed E-state index contributed by atoms with van der Waals surface area (Å²) in [5.74, 6) is 1.07. The van der Waals surface area contributed by atoms with Crippen LogP contribution in [-0.4, -0.2) is 26.0 Å². The smallest absolute Gasteiger partial charge is 0.307 e. The number of nitrogens with one attached hydrogen (secondary N) is 2. The van der Waals surface area contributed by atoms with E-state index in [2.05, 4.69) is 39.8 Å². The maximum Gasteiger partial charge on any atom is 0.418 e. The van der Waals surface area contributed by atoms with Gasteiger partial charge in [-0.25, -0.2) is 14.5 Å². The number of urea groups is 1. The molecule has 0 bridgehead atoms. The lowest BCUT2D eigenvalue weighted by Crippen LogP contribution is -2.22. The Morgan fingerprint density at radius 2 is 1.90 bits per heavy atom. The van der Waals surface area contributed by atoms with Crippen LogP contribution >= 0.6 is 0 Å². The minimum atomic E-state index is -4.57. The molecule has 0 spiro atoms. The third-order valence-electron chi connectivity index (χ3n) is 4.24. The van der Waals surface area contributed by atoms with Crippen LogP contribution in [0.25, 0.3) is 5.82 Å². The molecule has 30 heavy (non-hydrogen) atoms. The van der Waals surface area contributed by atoms with Crippen LogP contribution in [0.15, 0.2) is 48.8 Å². The first-order chi connectivity index (χ1) is 14.2. The van der Waals surface area contributed by atoms with Crippen molar-refractivity contribution in [2.75, 3.05) is 10.6 Å². The van der Waals surface area contributed by atoms with Gasteiger partial charge in [-0.1, -0.05) is 31.2 Å². The van der Waals surface area contributed by atoms with Crippen LogP contribution in [0.2, 0.25) is 0 Å². The second-order valence-electron chi connectivity index (χ2n) is 7.11. The lowest BCUT2D eigenvalue weighted by molar-refractivity contribution is -0.136. The number of carbonyl (C=O) groups is 1. The van der Waals surface area contributed by atoms with Crippen molar-refractivity contribution < 1.29 is 18.0 Å². The first-order valence-electron chi connectivity index (χ1n) is 9.34. The number of hydrogen-bond donors (Lipinski definition) is 2. The van der Waals surface area contributed by atoms with Crippen LogP contribution in [0.1, 0.15) is 31.5 Å². The van der Waals surface area contributed by atoms with Gasteiger partial charge in [0.15, 0.2) is 5.82 Å². The summed E-state index contributed by atoms with van der Waals surface area (Å²) in [6, 6.07) is 7.15. The fourth-order valence-electron chi connectivity index (χ4n) is 2.68. The molecule has 2 aromatic heterocycles. The predicted octanol–water partition coefficient (Wildman–Crippen LogP) is 4.91. The minimum absolute atomic E-state index is 0.320. The molecule has 0 unspecified atom stereocenters. The molecule has 158 valence electrons. The zero-order valence-corrected chi connectivity index (χ0v) is 16.4. The second-order valence-corrected chi connectivity index (χ2v) is 7.11. The van der Waals surface area contributed by atoms with Crippen molar-refractivity contribution in [3.63, 3.8) is 0 Å². The van der Waals surface area contributed by atoms with E-state index in [-0.39, 0.29) is 5.69 Å². The first kappa shape index (κ1) is 21.3. The number of pyridine rings is 1. The normalized spacial score (nSPS) is 11.5. The molecular weight excluding hydrogens is 397 g/mol. The molecule has 0 radical (unpaired) electrons. The summed E-state index contributed by atoms with van der Waals surface area (Å²) in [7, 11) is 0. The molecule has 7 nitrogen and oxygen atoms in total. The van der Waals surface area contributed by atoms with E-state index in [1.54, 1.807) is 18.3 Å². The molecule has 2 amide bonds. The van der Waals surface area contributed by atoms with Gasteiger partial charge in [-0.2, -0.15) is 13.2 Å². The number of halogens is 3. The highest BCUT2D eigenvalue weighted by atomic mass is 19.4. The molecule has 0 aliphatic heterocycles. The third-order valence-corrected chi connectivity index (χ3v) is 4.24. The Morgan fingerprint density at radius 3 is 2.57 bits per heavy atom. The first-order valence-corrected chi connectivity index (χ1v) is 9.34. The SMILES string of the molecule is CC(C)CCc1cn(-c2ccc(NC(=O)Nc3ccccc3C(F)(F)F)cn2)nn1. The standard InChI is InChI=1S/C20H21F3N6O/c1-13(2)7-8-15-12-29(28-27-15)18-10-9-14(11-24-18)25-19(30)26-17-6-4-3-5-16(17)20(21,22)23/h3-6,9-13H,7-8H2,1-2H3,(H2,25,26,30).